The SMILES string of the molecule is CCOC(=O)Cc1csc(=Nc2ccccc2C)n1CCC[NH+]1CCOCC1. The third kappa shape index (κ3) is 5.77. The van der Waals surface area contributed by atoms with Crippen LogP contribution in [-0.4, -0.2) is 50.0 Å². The number of carbonyl (C=O) groups is 1. The first-order valence-corrected chi connectivity index (χ1v) is 10.9. The summed E-state index contributed by atoms with van der Waals surface area (Å²) in [6.07, 6.45) is 1.33. The summed E-state index contributed by atoms with van der Waals surface area (Å²) in [7, 11) is 0. The van der Waals surface area contributed by atoms with Crippen molar-refractivity contribution in [3.05, 3.63) is 45.7 Å². The summed E-state index contributed by atoms with van der Waals surface area (Å²) in [6, 6.07) is 8.12. The highest BCUT2D eigenvalue weighted by molar-refractivity contribution is 7.07. The maximum atomic E-state index is 12.0. The van der Waals surface area contributed by atoms with Gasteiger partial charge in [0.05, 0.1) is 38.5 Å². The van der Waals surface area contributed by atoms with E-state index < -0.39 is 0 Å². The standard InChI is InChI=1S/C21H29N3O3S/c1-3-27-20(25)15-18-16-28-21(22-19-8-5-4-7-17(19)2)24(18)10-6-9-23-11-13-26-14-12-23/h4-5,7-8,16H,3,6,9-15H2,1-2H3/p+1. The minimum absolute atomic E-state index is 0.185. The molecule has 0 atom stereocenters. The van der Waals surface area contributed by atoms with Gasteiger partial charge < -0.3 is 18.9 Å². The van der Waals surface area contributed by atoms with Crippen LogP contribution >= 0.6 is 11.3 Å². The lowest BCUT2D eigenvalue weighted by Crippen LogP contribution is -3.14. The van der Waals surface area contributed by atoms with Gasteiger partial charge in [0.25, 0.3) is 0 Å². The van der Waals surface area contributed by atoms with Gasteiger partial charge in [-0.05, 0) is 25.5 Å². The van der Waals surface area contributed by atoms with Crippen LogP contribution in [0.4, 0.5) is 5.69 Å². The molecule has 152 valence electrons. The molecule has 1 N–H and O–H groups in total. The molecule has 0 bridgehead atoms. The van der Waals surface area contributed by atoms with Crippen molar-refractivity contribution in [1.82, 2.24) is 4.57 Å². The van der Waals surface area contributed by atoms with Gasteiger partial charge >= 0.3 is 5.97 Å². The number of nitrogens with zero attached hydrogens (tertiary/aromatic N) is 2. The van der Waals surface area contributed by atoms with Crippen molar-refractivity contribution in [2.24, 2.45) is 4.99 Å². The summed E-state index contributed by atoms with van der Waals surface area (Å²) in [5, 5.41) is 2.04. The fourth-order valence-corrected chi connectivity index (χ4v) is 4.32. The number of aryl methyl sites for hydroxylation is 1. The van der Waals surface area contributed by atoms with Gasteiger partial charge in [0.1, 0.15) is 13.1 Å². The quantitative estimate of drug-likeness (QED) is 0.679. The molecule has 3 rings (SSSR count). The van der Waals surface area contributed by atoms with Crippen LogP contribution in [0.2, 0.25) is 0 Å². The van der Waals surface area contributed by atoms with Crippen LogP contribution in [0.1, 0.15) is 24.6 Å². The lowest BCUT2D eigenvalue weighted by Gasteiger charge is -2.23. The summed E-state index contributed by atoms with van der Waals surface area (Å²) < 4.78 is 12.8. The molecule has 1 aromatic heterocycles. The number of esters is 1. The number of thiazole rings is 1. The molecule has 7 heteroatoms. The molecular weight excluding hydrogens is 374 g/mol. The molecule has 0 spiro atoms. The lowest BCUT2D eigenvalue weighted by atomic mass is 10.2. The molecule has 28 heavy (non-hydrogen) atoms. The second-order valence-electron chi connectivity index (χ2n) is 7.01. The fourth-order valence-electron chi connectivity index (χ4n) is 3.38. The van der Waals surface area contributed by atoms with Gasteiger partial charge in [-0.2, -0.15) is 0 Å². The number of hydrogen-bond donors (Lipinski definition) is 1. The Labute approximate surface area is 170 Å². The van der Waals surface area contributed by atoms with Crippen molar-refractivity contribution >= 4 is 23.0 Å². The Morgan fingerprint density at radius 3 is 2.86 bits per heavy atom. The summed E-state index contributed by atoms with van der Waals surface area (Å²) in [6.45, 7) is 10.1. The molecule has 6 nitrogen and oxygen atoms in total. The molecule has 0 saturated carbocycles. The van der Waals surface area contributed by atoms with E-state index in [2.05, 4.69) is 17.6 Å². The Morgan fingerprint density at radius 1 is 1.32 bits per heavy atom. The van der Waals surface area contributed by atoms with Crippen molar-refractivity contribution in [3.63, 3.8) is 0 Å². The first kappa shape index (κ1) is 20.8. The zero-order valence-corrected chi connectivity index (χ0v) is 17.6. The first-order valence-electron chi connectivity index (χ1n) is 10.0. The van der Waals surface area contributed by atoms with Crippen molar-refractivity contribution < 1.29 is 19.2 Å². The van der Waals surface area contributed by atoms with Crippen LogP contribution in [-0.2, 0) is 27.2 Å². The molecule has 0 unspecified atom stereocenters. The lowest BCUT2D eigenvalue weighted by molar-refractivity contribution is -0.908. The fraction of sp³-hybridized carbons (Fsp3) is 0.524. The minimum Gasteiger partial charge on any atom is -0.466 e. The van der Waals surface area contributed by atoms with Crippen LogP contribution in [0, 0.1) is 6.92 Å². The van der Waals surface area contributed by atoms with E-state index in [1.807, 2.05) is 30.5 Å². The first-order chi connectivity index (χ1) is 13.7. The van der Waals surface area contributed by atoms with Crippen LogP contribution in [0.15, 0.2) is 34.6 Å². The molecule has 0 amide bonds. The molecule has 1 aromatic carbocycles. The normalized spacial score (nSPS) is 15.7. The predicted molar refractivity (Wildman–Crippen MR) is 110 cm³/mol. The maximum absolute atomic E-state index is 12.0. The number of carbonyl (C=O) groups excluding carboxylic acids is 1. The topological polar surface area (TPSA) is 57.3 Å². The summed E-state index contributed by atoms with van der Waals surface area (Å²) in [4.78, 5) is 19.4. The molecule has 1 fully saturated rings. The van der Waals surface area contributed by atoms with E-state index in [-0.39, 0.29) is 12.4 Å². The second-order valence-corrected chi connectivity index (χ2v) is 7.84. The molecule has 0 radical (unpaired) electrons. The van der Waals surface area contributed by atoms with E-state index in [0.717, 1.165) is 67.6 Å². The average molecular weight is 405 g/mol. The van der Waals surface area contributed by atoms with E-state index in [1.165, 1.54) is 0 Å². The molecule has 2 heterocycles. The molecule has 0 aliphatic carbocycles. The molecular formula is C21H30N3O3S+. The number of rotatable bonds is 8. The van der Waals surface area contributed by atoms with Crippen LogP contribution in [0.5, 0.6) is 0 Å². The van der Waals surface area contributed by atoms with Crippen molar-refractivity contribution in [1.29, 1.82) is 0 Å². The second kappa shape index (κ2) is 10.5. The third-order valence-electron chi connectivity index (χ3n) is 4.95. The average Bonchev–Trinajstić information content (AvgIpc) is 3.06. The van der Waals surface area contributed by atoms with Gasteiger partial charge in [-0.15, -0.1) is 11.3 Å². The number of benzene rings is 1. The smallest absolute Gasteiger partial charge is 0.311 e. The van der Waals surface area contributed by atoms with Crippen LogP contribution in [0.25, 0.3) is 0 Å². The van der Waals surface area contributed by atoms with Gasteiger partial charge in [-0.3, -0.25) is 4.79 Å². The molecule has 2 aromatic rings. The summed E-state index contributed by atoms with van der Waals surface area (Å²) in [5.74, 6) is -0.185. The molecule has 1 saturated heterocycles. The largest absolute Gasteiger partial charge is 0.466 e. The number of aromatic nitrogens is 1. The number of morpholine rings is 1. The number of hydrogen-bond acceptors (Lipinski definition) is 5. The van der Waals surface area contributed by atoms with Crippen molar-refractivity contribution in [2.75, 3.05) is 39.5 Å². The number of ether oxygens (including phenoxy) is 2. The van der Waals surface area contributed by atoms with Gasteiger partial charge in [-0.1, -0.05) is 18.2 Å². The summed E-state index contributed by atoms with van der Waals surface area (Å²) in [5.41, 5.74) is 3.10. The van der Waals surface area contributed by atoms with Gasteiger partial charge in [0.15, 0.2) is 4.80 Å². The van der Waals surface area contributed by atoms with Gasteiger partial charge in [-0.25, -0.2) is 4.99 Å². The summed E-state index contributed by atoms with van der Waals surface area (Å²) >= 11 is 1.59. The highest BCUT2D eigenvalue weighted by Crippen LogP contribution is 2.17. The number of nitrogens with one attached hydrogen (secondary N) is 1. The zero-order chi connectivity index (χ0) is 19.8. The molecule has 1 aliphatic heterocycles. The Morgan fingerprint density at radius 2 is 2.11 bits per heavy atom. The molecule has 1 aliphatic rings. The Balaban J connectivity index is 1.79. The highest BCUT2D eigenvalue weighted by atomic mass is 32.1. The van der Waals surface area contributed by atoms with E-state index in [4.69, 9.17) is 14.5 Å². The Bertz CT molecular complexity index is 837. The predicted octanol–water partition coefficient (Wildman–Crippen LogP) is 1.50. The van der Waals surface area contributed by atoms with E-state index >= 15 is 0 Å². The highest BCUT2D eigenvalue weighted by Gasteiger charge is 2.15. The zero-order valence-electron chi connectivity index (χ0n) is 16.8. The monoisotopic (exact) mass is 404 g/mol. The van der Waals surface area contributed by atoms with Gasteiger partial charge in [0.2, 0.25) is 0 Å². The van der Waals surface area contributed by atoms with E-state index in [9.17, 15) is 4.79 Å². The third-order valence-corrected chi connectivity index (χ3v) is 5.86. The Kier molecular flexibility index (Phi) is 7.82. The maximum Gasteiger partial charge on any atom is 0.311 e. The van der Waals surface area contributed by atoms with E-state index in [0.29, 0.717) is 6.61 Å². The number of quaternary nitrogens is 1. The van der Waals surface area contributed by atoms with E-state index in [1.54, 1.807) is 16.2 Å². The van der Waals surface area contributed by atoms with Crippen LogP contribution < -0.4 is 9.70 Å². The van der Waals surface area contributed by atoms with Crippen molar-refractivity contribution in [2.45, 2.75) is 33.2 Å². The Hall–Kier alpha value is -1.96. The van der Waals surface area contributed by atoms with Crippen molar-refractivity contribution in [3.8, 4) is 0 Å². The number of para-hydroxylation sites is 1. The van der Waals surface area contributed by atoms with Crippen LogP contribution in [0.3, 0.4) is 0 Å². The minimum atomic E-state index is -0.185. The van der Waals surface area contributed by atoms with Gasteiger partial charge in [0, 0.05) is 24.0 Å².